The zero-order chi connectivity index (χ0) is 18.8. The van der Waals surface area contributed by atoms with E-state index in [1.807, 2.05) is 19.1 Å². The molecule has 0 aliphatic carbocycles. The number of ether oxygens (including phenoxy) is 1. The molecule has 1 aromatic carbocycles. The molecule has 4 rings (SSSR count). The quantitative estimate of drug-likeness (QED) is 0.739. The first-order chi connectivity index (χ1) is 13.1. The summed E-state index contributed by atoms with van der Waals surface area (Å²) in [5.41, 5.74) is 2.07. The van der Waals surface area contributed by atoms with Crippen molar-refractivity contribution in [2.24, 2.45) is 0 Å². The van der Waals surface area contributed by atoms with E-state index >= 15 is 0 Å². The topological polar surface area (TPSA) is 79.9 Å². The number of hydrogen-bond donors (Lipinski definition) is 2. The van der Waals surface area contributed by atoms with Gasteiger partial charge in [-0.1, -0.05) is 6.92 Å². The monoisotopic (exact) mass is 366 g/mol. The molecule has 0 spiro atoms. The Morgan fingerprint density at radius 3 is 2.96 bits per heavy atom. The molecule has 2 aromatic heterocycles. The number of aromatic nitrogens is 3. The number of benzene rings is 1. The number of rotatable bonds is 4. The molecule has 1 aliphatic heterocycles. The van der Waals surface area contributed by atoms with Gasteiger partial charge in [0.25, 0.3) is 5.56 Å². The van der Waals surface area contributed by atoms with Crippen LogP contribution in [-0.2, 0) is 6.42 Å². The van der Waals surface area contributed by atoms with E-state index in [0.29, 0.717) is 36.8 Å². The molecule has 1 aliphatic rings. The maximum absolute atomic E-state index is 13.6. The lowest BCUT2D eigenvalue weighted by atomic mass is 10.0. The molecule has 3 heterocycles. The fourth-order valence-electron chi connectivity index (χ4n) is 3.14. The number of fused-ring (bicyclic) bond motifs is 1. The molecule has 6 nitrogen and oxygen atoms in total. The van der Waals surface area contributed by atoms with Crippen molar-refractivity contribution in [2.45, 2.75) is 25.8 Å². The number of aromatic amines is 1. The van der Waals surface area contributed by atoms with Crippen molar-refractivity contribution < 1.29 is 9.13 Å². The number of hydrogen-bond acceptors (Lipinski definition) is 5. The summed E-state index contributed by atoms with van der Waals surface area (Å²) < 4.78 is 19.2. The van der Waals surface area contributed by atoms with Crippen molar-refractivity contribution in [2.75, 3.05) is 11.9 Å². The Bertz CT molecular complexity index is 1020. The standard InChI is InChI=1S/C20H19FN4O2/c1-2-14-10-19(26)25-20(23-14)12-3-6-18(22-11-12)24-16-7-8-27-17-5-4-13(21)9-15(16)17/h3-6,9-11,16H,2,7-8H2,1H3,(H,22,24)(H,23,25,26). The first-order valence-electron chi connectivity index (χ1n) is 8.88. The van der Waals surface area contributed by atoms with Gasteiger partial charge in [0.05, 0.1) is 12.6 Å². The zero-order valence-electron chi connectivity index (χ0n) is 14.8. The molecule has 0 amide bonds. The van der Waals surface area contributed by atoms with Crippen LogP contribution in [0.25, 0.3) is 11.4 Å². The number of anilines is 1. The van der Waals surface area contributed by atoms with Crippen LogP contribution >= 0.6 is 0 Å². The lowest BCUT2D eigenvalue weighted by Crippen LogP contribution is -2.21. The molecule has 0 saturated carbocycles. The van der Waals surface area contributed by atoms with Crippen molar-refractivity contribution in [3.63, 3.8) is 0 Å². The number of aryl methyl sites for hydroxylation is 1. The Hall–Kier alpha value is -3.22. The normalized spacial score (nSPS) is 15.7. The van der Waals surface area contributed by atoms with Crippen LogP contribution < -0.4 is 15.6 Å². The Morgan fingerprint density at radius 2 is 2.19 bits per heavy atom. The molecular weight excluding hydrogens is 347 g/mol. The highest BCUT2D eigenvalue weighted by atomic mass is 19.1. The van der Waals surface area contributed by atoms with E-state index < -0.39 is 0 Å². The summed E-state index contributed by atoms with van der Waals surface area (Å²) in [6, 6.07) is 9.62. The largest absolute Gasteiger partial charge is 0.493 e. The van der Waals surface area contributed by atoms with E-state index in [1.54, 1.807) is 12.3 Å². The van der Waals surface area contributed by atoms with Crippen molar-refractivity contribution in [1.29, 1.82) is 0 Å². The summed E-state index contributed by atoms with van der Waals surface area (Å²) in [7, 11) is 0. The van der Waals surface area contributed by atoms with Gasteiger partial charge in [0.15, 0.2) is 0 Å². The van der Waals surface area contributed by atoms with Gasteiger partial charge in [0.1, 0.15) is 23.2 Å². The number of nitrogens with zero attached hydrogens (tertiary/aromatic N) is 2. The maximum atomic E-state index is 13.6. The van der Waals surface area contributed by atoms with Crippen LogP contribution in [0.15, 0.2) is 47.4 Å². The summed E-state index contributed by atoms with van der Waals surface area (Å²) in [5.74, 6) is 1.56. The van der Waals surface area contributed by atoms with E-state index in [2.05, 4.69) is 20.3 Å². The van der Waals surface area contributed by atoms with Gasteiger partial charge in [-0.05, 0) is 36.8 Å². The number of pyridine rings is 1. The molecule has 1 atom stereocenters. The van der Waals surface area contributed by atoms with Gasteiger partial charge in [-0.2, -0.15) is 0 Å². The summed E-state index contributed by atoms with van der Waals surface area (Å²) in [6.07, 6.45) is 3.06. The van der Waals surface area contributed by atoms with Gasteiger partial charge in [0.2, 0.25) is 0 Å². The first-order valence-corrected chi connectivity index (χ1v) is 8.88. The molecule has 0 fully saturated rings. The molecule has 0 bridgehead atoms. The molecule has 138 valence electrons. The minimum absolute atomic E-state index is 0.0795. The summed E-state index contributed by atoms with van der Waals surface area (Å²) >= 11 is 0. The highest BCUT2D eigenvalue weighted by molar-refractivity contribution is 5.56. The van der Waals surface area contributed by atoms with Crippen LogP contribution in [0.1, 0.15) is 30.6 Å². The average Bonchev–Trinajstić information content (AvgIpc) is 2.68. The van der Waals surface area contributed by atoms with Crippen LogP contribution in [-0.4, -0.2) is 21.6 Å². The Balaban J connectivity index is 1.57. The fourth-order valence-corrected chi connectivity index (χ4v) is 3.14. The van der Waals surface area contributed by atoms with Crippen molar-refractivity contribution in [3.8, 4) is 17.1 Å². The summed E-state index contributed by atoms with van der Waals surface area (Å²) in [5, 5.41) is 3.33. The van der Waals surface area contributed by atoms with Crippen LogP contribution in [0.2, 0.25) is 0 Å². The van der Waals surface area contributed by atoms with Crippen LogP contribution in [0.4, 0.5) is 10.2 Å². The van der Waals surface area contributed by atoms with E-state index in [-0.39, 0.29) is 17.4 Å². The van der Waals surface area contributed by atoms with E-state index in [9.17, 15) is 9.18 Å². The predicted octanol–water partition coefficient (Wildman–Crippen LogP) is 3.47. The van der Waals surface area contributed by atoms with E-state index in [4.69, 9.17) is 4.74 Å². The average molecular weight is 366 g/mol. The number of nitrogens with one attached hydrogen (secondary N) is 2. The molecule has 0 radical (unpaired) electrons. The zero-order valence-corrected chi connectivity index (χ0v) is 14.8. The van der Waals surface area contributed by atoms with Gasteiger partial charge >= 0.3 is 0 Å². The molecule has 3 aromatic rings. The lowest BCUT2D eigenvalue weighted by Gasteiger charge is -2.27. The smallest absolute Gasteiger partial charge is 0.251 e. The highest BCUT2D eigenvalue weighted by Crippen LogP contribution is 2.34. The Morgan fingerprint density at radius 1 is 1.30 bits per heavy atom. The second-order valence-corrected chi connectivity index (χ2v) is 6.39. The second-order valence-electron chi connectivity index (χ2n) is 6.39. The molecule has 1 unspecified atom stereocenters. The van der Waals surface area contributed by atoms with Gasteiger partial charge in [-0.3, -0.25) is 4.79 Å². The molecule has 0 saturated heterocycles. The molecule has 27 heavy (non-hydrogen) atoms. The third-order valence-corrected chi connectivity index (χ3v) is 4.53. The highest BCUT2D eigenvalue weighted by Gasteiger charge is 2.22. The molecule has 7 heteroatoms. The molecular formula is C20H19FN4O2. The third kappa shape index (κ3) is 3.67. The predicted molar refractivity (Wildman–Crippen MR) is 100 cm³/mol. The SMILES string of the molecule is CCc1cc(=O)[nH]c(-c2ccc(NC3CCOc4ccc(F)cc43)nc2)n1. The second kappa shape index (κ2) is 7.19. The number of halogens is 1. The van der Waals surface area contributed by atoms with Crippen LogP contribution in [0.5, 0.6) is 5.75 Å². The van der Waals surface area contributed by atoms with Crippen molar-refractivity contribution >= 4 is 5.82 Å². The third-order valence-electron chi connectivity index (χ3n) is 4.53. The van der Waals surface area contributed by atoms with Crippen LogP contribution in [0, 0.1) is 5.82 Å². The van der Waals surface area contributed by atoms with E-state index in [1.165, 1.54) is 18.2 Å². The first kappa shape index (κ1) is 17.2. The Kier molecular flexibility index (Phi) is 4.58. The van der Waals surface area contributed by atoms with Gasteiger partial charge in [-0.15, -0.1) is 0 Å². The minimum Gasteiger partial charge on any atom is -0.493 e. The van der Waals surface area contributed by atoms with Crippen molar-refractivity contribution in [3.05, 3.63) is 70.0 Å². The summed E-state index contributed by atoms with van der Waals surface area (Å²) in [6.45, 7) is 2.51. The maximum Gasteiger partial charge on any atom is 0.251 e. The van der Waals surface area contributed by atoms with Gasteiger partial charge in [0, 0.05) is 35.5 Å². The van der Waals surface area contributed by atoms with Gasteiger partial charge in [-0.25, -0.2) is 14.4 Å². The fraction of sp³-hybridized carbons (Fsp3) is 0.250. The van der Waals surface area contributed by atoms with Crippen LogP contribution in [0.3, 0.4) is 0 Å². The minimum atomic E-state index is -0.291. The lowest BCUT2D eigenvalue weighted by molar-refractivity contribution is 0.273. The number of H-pyrrole nitrogens is 1. The molecule has 2 N–H and O–H groups in total. The van der Waals surface area contributed by atoms with E-state index in [0.717, 1.165) is 16.8 Å². The van der Waals surface area contributed by atoms with Gasteiger partial charge < -0.3 is 15.0 Å². The van der Waals surface area contributed by atoms with Crippen molar-refractivity contribution in [1.82, 2.24) is 15.0 Å². The Labute approximate surface area is 155 Å². The summed E-state index contributed by atoms with van der Waals surface area (Å²) in [4.78, 5) is 23.3.